The number of aromatic nitrogens is 1. The molecule has 0 amide bonds. The van der Waals surface area contributed by atoms with E-state index in [1.165, 1.54) is 0 Å². The van der Waals surface area contributed by atoms with Crippen molar-refractivity contribution < 1.29 is 27.8 Å². The van der Waals surface area contributed by atoms with Gasteiger partial charge in [-0.2, -0.15) is 0 Å². The van der Waals surface area contributed by atoms with Crippen LogP contribution in [0.2, 0.25) is 0 Å². The van der Waals surface area contributed by atoms with Crippen LogP contribution in [-0.4, -0.2) is 14.8 Å². The third-order valence-electron chi connectivity index (χ3n) is 3.84. The van der Waals surface area contributed by atoms with Gasteiger partial charge in [-0.15, -0.1) is 0 Å². The van der Waals surface area contributed by atoms with E-state index in [1.54, 1.807) is 0 Å². The molecule has 22 heavy (non-hydrogen) atoms. The fraction of sp³-hybridized carbons (Fsp3) is 0.286. The standard InChI is InChI=1S/C14H10BrF4NO2/c15-7-8(16)10(18)12(11(19)9(7)17)20-13(21)5-3-1-2-4-6(5)14(20)22/h21-22H,1-4H2. The Hall–Kier alpha value is -1.70. The van der Waals surface area contributed by atoms with Gasteiger partial charge in [0.1, 0.15) is 5.69 Å². The molecule has 0 saturated heterocycles. The molecule has 3 nitrogen and oxygen atoms in total. The zero-order chi connectivity index (χ0) is 16.2. The minimum absolute atomic E-state index is 0.339. The number of hydrogen-bond donors (Lipinski definition) is 2. The molecule has 1 aromatic carbocycles. The molecule has 118 valence electrons. The maximum Gasteiger partial charge on any atom is 0.202 e. The molecule has 0 saturated carbocycles. The molecule has 0 aliphatic heterocycles. The minimum Gasteiger partial charge on any atom is -0.494 e. The van der Waals surface area contributed by atoms with Crippen LogP contribution >= 0.6 is 15.9 Å². The van der Waals surface area contributed by atoms with Gasteiger partial charge in [-0.3, -0.25) is 0 Å². The lowest BCUT2D eigenvalue weighted by Gasteiger charge is -2.12. The highest BCUT2D eigenvalue weighted by molar-refractivity contribution is 9.10. The van der Waals surface area contributed by atoms with Gasteiger partial charge in [-0.25, -0.2) is 22.1 Å². The van der Waals surface area contributed by atoms with E-state index in [0.717, 1.165) is 12.8 Å². The number of aromatic hydroxyl groups is 2. The van der Waals surface area contributed by atoms with Crippen LogP contribution in [-0.2, 0) is 12.8 Å². The Morgan fingerprint density at radius 1 is 0.773 bits per heavy atom. The van der Waals surface area contributed by atoms with E-state index < -0.39 is 45.2 Å². The van der Waals surface area contributed by atoms with Crippen molar-refractivity contribution in [3.05, 3.63) is 38.9 Å². The van der Waals surface area contributed by atoms with E-state index in [0.29, 0.717) is 28.5 Å². The summed E-state index contributed by atoms with van der Waals surface area (Å²) in [5.41, 5.74) is -0.500. The van der Waals surface area contributed by atoms with Gasteiger partial charge in [-0.05, 0) is 41.6 Å². The Bertz CT molecular complexity index is 730. The molecule has 1 aliphatic rings. The fourth-order valence-corrected chi connectivity index (χ4v) is 3.12. The van der Waals surface area contributed by atoms with Crippen molar-refractivity contribution in [3.63, 3.8) is 0 Å². The molecule has 0 spiro atoms. The first-order valence-corrected chi connectivity index (χ1v) is 7.31. The summed E-state index contributed by atoms with van der Waals surface area (Å²) in [6.07, 6.45) is 2.29. The first-order chi connectivity index (χ1) is 10.4. The van der Waals surface area contributed by atoms with E-state index in [4.69, 9.17) is 0 Å². The third-order valence-corrected chi connectivity index (χ3v) is 4.54. The van der Waals surface area contributed by atoms with Crippen LogP contribution in [0.3, 0.4) is 0 Å². The van der Waals surface area contributed by atoms with Crippen molar-refractivity contribution in [2.75, 3.05) is 0 Å². The summed E-state index contributed by atoms with van der Waals surface area (Å²) < 4.78 is 54.9. The summed E-state index contributed by atoms with van der Waals surface area (Å²) in [5, 5.41) is 20.2. The number of halogens is 5. The first kappa shape index (κ1) is 15.2. The second-order valence-electron chi connectivity index (χ2n) is 5.07. The molecular weight excluding hydrogens is 370 g/mol. The summed E-state index contributed by atoms with van der Waals surface area (Å²) in [4.78, 5) is 0. The van der Waals surface area contributed by atoms with Gasteiger partial charge in [0.2, 0.25) is 11.8 Å². The Morgan fingerprint density at radius 2 is 1.18 bits per heavy atom. The molecule has 1 heterocycles. The fourth-order valence-electron chi connectivity index (χ4n) is 2.77. The van der Waals surface area contributed by atoms with Crippen molar-refractivity contribution >= 4 is 15.9 Å². The Kier molecular flexibility index (Phi) is 3.58. The van der Waals surface area contributed by atoms with Crippen molar-refractivity contribution in [2.45, 2.75) is 25.7 Å². The monoisotopic (exact) mass is 379 g/mol. The highest BCUT2D eigenvalue weighted by atomic mass is 79.9. The van der Waals surface area contributed by atoms with Crippen LogP contribution in [0.15, 0.2) is 4.47 Å². The Labute approximate surface area is 130 Å². The van der Waals surface area contributed by atoms with Crippen LogP contribution in [0.5, 0.6) is 11.8 Å². The molecule has 0 fully saturated rings. The van der Waals surface area contributed by atoms with Crippen LogP contribution < -0.4 is 0 Å². The molecule has 0 atom stereocenters. The largest absolute Gasteiger partial charge is 0.494 e. The van der Waals surface area contributed by atoms with Gasteiger partial charge in [-0.1, -0.05) is 0 Å². The van der Waals surface area contributed by atoms with E-state index in [1.807, 2.05) is 0 Å². The number of benzene rings is 1. The predicted octanol–water partition coefficient (Wildman–Crippen LogP) is 4.09. The van der Waals surface area contributed by atoms with Crippen molar-refractivity contribution in [1.82, 2.24) is 4.57 Å². The normalized spacial score (nSPS) is 14.2. The minimum atomic E-state index is -1.70. The molecule has 0 radical (unpaired) electrons. The Morgan fingerprint density at radius 3 is 1.59 bits per heavy atom. The maximum absolute atomic E-state index is 14.1. The summed E-state index contributed by atoms with van der Waals surface area (Å²) in [7, 11) is 0. The van der Waals surface area contributed by atoms with Crippen LogP contribution in [0.1, 0.15) is 24.0 Å². The lowest BCUT2D eigenvalue weighted by Crippen LogP contribution is -2.07. The molecule has 2 aromatic rings. The third kappa shape index (κ3) is 1.93. The van der Waals surface area contributed by atoms with Crippen LogP contribution in [0.25, 0.3) is 5.69 Å². The maximum atomic E-state index is 14.1. The van der Waals surface area contributed by atoms with Gasteiger partial charge in [0.25, 0.3) is 0 Å². The molecule has 1 aliphatic carbocycles. The van der Waals surface area contributed by atoms with Gasteiger partial charge in [0.05, 0.1) is 4.47 Å². The molecule has 0 bridgehead atoms. The highest BCUT2D eigenvalue weighted by Crippen LogP contribution is 2.43. The lowest BCUT2D eigenvalue weighted by atomic mass is 9.95. The number of nitrogens with zero attached hydrogens (tertiary/aromatic N) is 1. The van der Waals surface area contributed by atoms with E-state index in [9.17, 15) is 27.8 Å². The quantitative estimate of drug-likeness (QED) is 0.445. The zero-order valence-corrected chi connectivity index (χ0v) is 12.6. The molecule has 8 heteroatoms. The Balaban J connectivity index is 2.37. The zero-order valence-electron chi connectivity index (χ0n) is 11.1. The number of hydrogen-bond acceptors (Lipinski definition) is 2. The second-order valence-corrected chi connectivity index (χ2v) is 5.86. The summed E-state index contributed by atoms with van der Waals surface area (Å²) in [6.45, 7) is 0. The number of rotatable bonds is 1. The van der Waals surface area contributed by atoms with Crippen LogP contribution in [0.4, 0.5) is 17.6 Å². The second kappa shape index (κ2) is 5.19. The average Bonchev–Trinajstić information content (AvgIpc) is 2.77. The van der Waals surface area contributed by atoms with E-state index in [2.05, 4.69) is 15.9 Å². The van der Waals surface area contributed by atoms with Crippen molar-refractivity contribution in [2.24, 2.45) is 0 Å². The number of fused-ring (bicyclic) bond motifs is 1. The smallest absolute Gasteiger partial charge is 0.202 e. The summed E-state index contributed by atoms with van der Waals surface area (Å²) in [6, 6.07) is 0. The molecule has 2 N–H and O–H groups in total. The molecule has 0 unspecified atom stereocenters. The van der Waals surface area contributed by atoms with Gasteiger partial charge in [0, 0.05) is 11.1 Å². The van der Waals surface area contributed by atoms with E-state index in [-0.39, 0.29) is 0 Å². The topological polar surface area (TPSA) is 45.4 Å². The van der Waals surface area contributed by atoms with Crippen molar-refractivity contribution in [3.8, 4) is 17.4 Å². The average molecular weight is 380 g/mol. The summed E-state index contributed by atoms with van der Waals surface area (Å²) >= 11 is 2.42. The molecular formula is C14H10BrF4NO2. The molecule has 3 rings (SSSR count). The summed E-state index contributed by atoms with van der Waals surface area (Å²) in [5.74, 6) is -7.90. The predicted molar refractivity (Wildman–Crippen MR) is 73.3 cm³/mol. The lowest BCUT2D eigenvalue weighted by molar-refractivity contribution is 0.381. The highest BCUT2D eigenvalue weighted by Gasteiger charge is 2.32. The SMILES string of the molecule is Oc1c2c(c(O)n1-c1c(F)c(F)c(Br)c(F)c1F)CCCC2. The van der Waals surface area contributed by atoms with Crippen molar-refractivity contribution in [1.29, 1.82) is 0 Å². The molecule has 1 aromatic heterocycles. The van der Waals surface area contributed by atoms with Gasteiger partial charge in [0.15, 0.2) is 23.3 Å². The van der Waals surface area contributed by atoms with E-state index >= 15 is 0 Å². The van der Waals surface area contributed by atoms with Gasteiger partial charge >= 0.3 is 0 Å². The van der Waals surface area contributed by atoms with Crippen LogP contribution in [0, 0.1) is 23.3 Å². The van der Waals surface area contributed by atoms with Gasteiger partial charge < -0.3 is 10.2 Å². The first-order valence-electron chi connectivity index (χ1n) is 6.52.